The summed E-state index contributed by atoms with van der Waals surface area (Å²) in [6.07, 6.45) is 3.60. The van der Waals surface area contributed by atoms with E-state index in [2.05, 4.69) is 5.16 Å². The molecule has 0 aliphatic heterocycles. The van der Waals surface area contributed by atoms with E-state index in [0.717, 1.165) is 25.7 Å². The predicted octanol–water partition coefficient (Wildman–Crippen LogP) is 2.48. The summed E-state index contributed by atoms with van der Waals surface area (Å²) in [4.78, 5) is 14.2. The van der Waals surface area contributed by atoms with E-state index >= 15 is 0 Å². The van der Waals surface area contributed by atoms with Gasteiger partial charge in [-0.1, -0.05) is 31.8 Å². The zero-order valence-electron chi connectivity index (χ0n) is 12.8. The molecule has 0 spiro atoms. The number of aliphatic hydroxyl groups is 1. The summed E-state index contributed by atoms with van der Waals surface area (Å²) in [6, 6.07) is 0. The Balaban J connectivity index is 2.16. The second kappa shape index (κ2) is 5.56. The van der Waals surface area contributed by atoms with Gasteiger partial charge in [0.25, 0.3) is 5.91 Å². The van der Waals surface area contributed by atoms with Gasteiger partial charge in [-0.15, -0.1) is 0 Å². The van der Waals surface area contributed by atoms with Crippen LogP contribution in [-0.4, -0.2) is 40.3 Å². The highest BCUT2D eigenvalue weighted by molar-refractivity contribution is 5.96. The SMILES string of the molecule is Cc1noc(C(C)C)c1C(=O)N(C)CC1(O)CCCC1. The van der Waals surface area contributed by atoms with Crippen molar-refractivity contribution in [2.75, 3.05) is 13.6 Å². The third-order valence-corrected chi connectivity index (χ3v) is 4.04. The van der Waals surface area contributed by atoms with Crippen LogP contribution < -0.4 is 0 Å². The summed E-state index contributed by atoms with van der Waals surface area (Å²) >= 11 is 0. The summed E-state index contributed by atoms with van der Waals surface area (Å²) in [7, 11) is 1.73. The molecular formula is C15H24N2O3. The van der Waals surface area contributed by atoms with Crippen LogP contribution in [0.3, 0.4) is 0 Å². The molecule has 0 aromatic carbocycles. The molecule has 0 atom stereocenters. The minimum atomic E-state index is -0.729. The number of nitrogens with zero attached hydrogens (tertiary/aromatic N) is 2. The largest absolute Gasteiger partial charge is 0.388 e. The van der Waals surface area contributed by atoms with Gasteiger partial charge in [-0.3, -0.25) is 4.79 Å². The topological polar surface area (TPSA) is 66.6 Å². The van der Waals surface area contributed by atoms with E-state index < -0.39 is 5.60 Å². The Kier molecular flexibility index (Phi) is 4.18. The van der Waals surface area contributed by atoms with Gasteiger partial charge in [0, 0.05) is 19.5 Å². The summed E-state index contributed by atoms with van der Waals surface area (Å²) in [5.74, 6) is 0.614. The van der Waals surface area contributed by atoms with Crippen LogP contribution in [-0.2, 0) is 0 Å². The zero-order chi connectivity index (χ0) is 14.9. The minimum absolute atomic E-state index is 0.109. The lowest BCUT2D eigenvalue weighted by atomic mass is 10.0. The van der Waals surface area contributed by atoms with Gasteiger partial charge in [-0.2, -0.15) is 0 Å². The first kappa shape index (κ1) is 15.0. The molecular weight excluding hydrogens is 256 g/mol. The van der Waals surface area contributed by atoms with E-state index in [-0.39, 0.29) is 11.8 Å². The van der Waals surface area contributed by atoms with Crippen LogP contribution in [0.1, 0.15) is 67.3 Å². The fourth-order valence-corrected chi connectivity index (χ4v) is 2.94. The number of hydrogen-bond donors (Lipinski definition) is 1. The number of carbonyl (C=O) groups is 1. The molecule has 20 heavy (non-hydrogen) atoms. The average molecular weight is 280 g/mol. The Morgan fingerprint density at radius 1 is 1.45 bits per heavy atom. The number of amides is 1. The molecule has 1 aromatic rings. The van der Waals surface area contributed by atoms with Crippen molar-refractivity contribution in [1.29, 1.82) is 0 Å². The van der Waals surface area contributed by atoms with Gasteiger partial charge in [-0.25, -0.2) is 0 Å². The lowest BCUT2D eigenvalue weighted by molar-refractivity contribution is 0.0155. The van der Waals surface area contributed by atoms with E-state index in [0.29, 0.717) is 23.6 Å². The van der Waals surface area contributed by atoms with Crippen LogP contribution >= 0.6 is 0 Å². The molecule has 0 unspecified atom stereocenters. The Hall–Kier alpha value is -1.36. The fraction of sp³-hybridized carbons (Fsp3) is 0.733. The Labute approximate surface area is 119 Å². The summed E-state index contributed by atoms with van der Waals surface area (Å²) < 4.78 is 5.26. The average Bonchev–Trinajstić information content (AvgIpc) is 2.94. The molecule has 1 aromatic heterocycles. The maximum absolute atomic E-state index is 12.6. The van der Waals surface area contributed by atoms with Crippen molar-refractivity contribution >= 4 is 5.91 Å². The van der Waals surface area contributed by atoms with Crippen LogP contribution in [0, 0.1) is 6.92 Å². The Morgan fingerprint density at radius 3 is 2.60 bits per heavy atom. The van der Waals surface area contributed by atoms with Gasteiger partial charge < -0.3 is 14.5 Å². The normalized spacial score (nSPS) is 17.7. The first-order valence-corrected chi connectivity index (χ1v) is 7.28. The molecule has 112 valence electrons. The second-order valence-corrected chi connectivity index (χ2v) is 6.25. The molecule has 1 amide bonds. The monoisotopic (exact) mass is 280 g/mol. The number of aromatic nitrogens is 1. The molecule has 2 rings (SSSR count). The smallest absolute Gasteiger partial charge is 0.259 e. The maximum Gasteiger partial charge on any atom is 0.259 e. The van der Waals surface area contributed by atoms with Gasteiger partial charge >= 0.3 is 0 Å². The standard InChI is InChI=1S/C15H24N2O3/c1-10(2)13-12(11(3)16-20-13)14(18)17(4)9-15(19)7-5-6-8-15/h10,19H,5-9H2,1-4H3. The number of rotatable bonds is 4. The molecule has 1 N–H and O–H groups in total. The van der Waals surface area contributed by atoms with Crippen molar-refractivity contribution in [1.82, 2.24) is 10.1 Å². The van der Waals surface area contributed by atoms with Crippen molar-refractivity contribution in [3.63, 3.8) is 0 Å². The zero-order valence-corrected chi connectivity index (χ0v) is 12.8. The van der Waals surface area contributed by atoms with E-state index in [9.17, 15) is 9.90 Å². The maximum atomic E-state index is 12.6. The van der Waals surface area contributed by atoms with Crippen LogP contribution in [0.15, 0.2) is 4.52 Å². The molecule has 0 saturated heterocycles. The first-order valence-electron chi connectivity index (χ1n) is 7.28. The van der Waals surface area contributed by atoms with Crippen LogP contribution in [0.2, 0.25) is 0 Å². The molecule has 1 aliphatic rings. The lowest BCUT2D eigenvalue weighted by Crippen LogP contribution is -2.42. The van der Waals surface area contributed by atoms with Crippen LogP contribution in [0.4, 0.5) is 0 Å². The minimum Gasteiger partial charge on any atom is -0.388 e. The van der Waals surface area contributed by atoms with Crippen molar-refractivity contribution < 1.29 is 14.4 Å². The number of hydrogen-bond acceptors (Lipinski definition) is 4. The molecule has 1 saturated carbocycles. The molecule has 1 fully saturated rings. The molecule has 5 heteroatoms. The summed E-state index contributed by atoms with van der Waals surface area (Å²) in [5, 5.41) is 14.3. The van der Waals surface area contributed by atoms with Crippen molar-refractivity contribution in [2.24, 2.45) is 0 Å². The first-order chi connectivity index (χ1) is 9.34. The third-order valence-electron chi connectivity index (χ3n) is 4.04. The Morgan fingerprint density at radius 2 is 2.05 bits per heavy atom. The van der Waals surface area contributed by atoms with Crippen LogP contribution in [0.25, 0.3) is 0 Å². The highest BCUT2D eigenvalue weighted by atomic mass is 16.5. The summed E-state index contributed by atoms with van der Waals surface area (Å²) in [5.41, 5.74) is 0.432. The number of likely N-dealkylation sites (N-methyl/N-ethyl adjacent to an activating group) is 1. The van der Waals surface area contributed by atoms with Gasteiger partial charge in [0.1, 0.15) is 5.56 Å². The van der Waals surface area contributed by atoms with E-state index in [1.165, 1.54) is 0 Å². The second-order valence-electron chi connectivity index (χ2n) is 6.25. The highest BCUT2D eigenvalue weighted by Crippen LogP contribution is 2.31. The third kappa shape index (κ3) is 2.87. The van der Waals surface area contributed by atoms with Crippen molar-refractivity contribution in [2.45, 2.75) is 58.0 Å². The summed E-state index contributed by atoms with van der Waals surface area (Å²) in [6.45, 7) is 6.09. The van der Waals surface area contributed by atoms with Gasteiger partial charge in [0.15, 0.2) is 5.76 Å². The van der Waals surface area contributed by atoms with Gasteiger partial charge in [0.05, 0.1) is 11.3 Å². The Bertz CT molecular complexity index is 487. The van der Waals surface area contributed by atoms with E-state index in [1.807, 2.05) is 13.8 Å². The van der Waals surface area contributed by atoms with Crippen molar-refractivity contribution in [3.8, 4) is 0 Å². The quantitative estimate of drug-likeness (QED) is 0.920. The number of aryl methyl sites for hydroxylation is 1. The van der Waals surface area contributed by atoms with Crippen molar-refractivity contribution in [3.05, 3.63) is 17.0 Å². The fourth-order valence-electron chi connectivity index (χ4n) is 2.94. The van der Waals surface area contributed by atoms with E-state index in [1.54, 1.807) is 18.9 Å². The molecule has 0 bridgehead atoms. The highest BCUT2D eigenvalue weighted by Gasteiger charge is 2.35. The molecule has 0 radical (unpaired) electrons. The number of carbonyl (C=O) groups excluding carboxylic acids is 1. The van der Waals surface area contributed by atoms with Gasteiger partial charge in [-0.05, 0) is 19.8 Å². The lowest BCUT2D eigenvalue weighted by Gasteiger charge is -2.28. The molecule has 1 aliphatic carbocycles. The molecule has 1 heterocycles. The van der Waals surface area contributed by atoms with E-state index in [4.69, 9.17) is 4.52 Å². The van der Waals surface area contributed by atoms with Crippen LogP contribution in [0.5, 0.6) is 0 Å². The predicted molar refractivity (Wildman–Crippen MR) is 75.7 cm³/mol. The molecule has 5 nitrogen and oxygen atoms in total. The van der Waals surface area contributed by atoms with Gasteiger partial charge in [0.2, 0.25) is 0 Å².